The molecule has 0 saturated heterocycles. The highest BCUT2D eigenvalue weighted by Crippen LogP contribution is 2.34. The number of hydrogen-bond acceptors (Lipinski definition) is 6. The number of unbranched alkanes of at least 4 members (excludes halogenated alkanes) is 2. The number of alkyl halides is 3. The molecular weight excluding hydrogens is 559 g/mol. The fourth-order valence-corrected chi connectivity index (χ4v) is 5.11. The molecule has 0 aliphatic heterocycles. The molecule has 0 saturated carbocycles. The molecule has 1 amide bonds. The van der Waals surface area contributed by atoms with Gasteiger partial charge in [-0.3, -0.25) is 4.79 Å². The van der Waals surface area contributed by atoms with Gasteiger partial charge in [-0.05, 0) is 66.4 Å². The van der Waals surface area contributed by atoms with Crippen LogP contribution in [0.3, 0.4) is 0 Å². The van der Waals surface area contributed by atoms with Gasteiger partial charge in [0, 0.05) is 25.8 Å². The Kier molecular flexibility index (Phi) is 11.2. The lowest BCUT2D eigenvalue weighted by Gasteiger charge is -2.23. The van der Waals surface area contributed by atoms with Crippen molar-refractivity contribution in [1.29, 1.82) is 0 Å². The predicted molar refractivity (Wildman–Crippen MR) is 149 cm³/mol. The summed E-state index contributed by atoms with van der Waals surface area (Å²) < 4.78 is 80.9. The summed E-state index contributed by atoms with van der Waals surface area (Å²) in [5, 5.41) is 0. The molecular formula is C30H34F3NO6S. The average Bonchev–Trinajstić information content (AvgIpc) is 2.95. The maximum Gasteiger partial charge on any atom is 0.416 e. The van der Waals surface area contributed by atoms with Gasteiger partial charge < -0.3 is 18.6 Å². The Balaban J connectivity index is 1.84. The third-order valence-corrected chi connectivity index (χ3v) is 7.60. The zero-order chi connectivity index (χ0) is 30.0. The summed E-state index contributed by atoms with van der Waals surface area (Å²) in [6.45, 7) is 2.76. The molecule has 0 aliphatic rings. The van der Waals surface area contributed by atoms with E-state index in [4.69, 9.17) is 13.7 Å². The van der Waals surface area contributed by atoms with Gasteiger partial charge in [0.25, 0.3) is 5.91 Å². The largest absolute Gasteiger partial charge is 0.493 e. The number of rotatable bonds is 14. The van der Waals surface area contributed by atoms with Crippen LogP contribution >= 0.6 is 0 Å². The Bertz CT molecular complexity index is 1410. The van der Waals surface area contributed by atoms with Crippen LogP contribution in [-0.2, 0) is 34.0 Å². The number of benzene rings is 3. The van der Waals surface area contributed by atoms with Crippen LogP contribution in [0.5, 0.6) is 11.5 Å². The van der Waals surface area contributed by atoms with Crippen LogP contribution in [0, 0.1) is 0 Å². The standard InChI is InChI=1S/C30H34F3NO6S/c1-4-5-6-8-22-11-14-24(15-12-22)29(35)34(17-18-38-2)21-23-13-16-27(39-3)28(19-23)40-41(36,37)26-10-7-9-25(20-26)30(31,32)33/h7,9-16,19-20H,4-6,8,17-18,21H2,1-3H3. The van der Waals surface area contributed by atoms with E-state index in [0.717, 1.165) is 49.4 Å². The molecule has 0 spiro atoms. The average molecular weight is 594 g/mol. The summed E-state index contributed by atoms with van der Waals surface area (Å²) >= 11 is 0. The molecule has 222 valence electrons. The van der Waals surface area contributed by atoms with Crippen molar-refractivity contribution in [2.75, 3.05) is 27.4 Å². The first-order chi connectivity index (χ1) is 19.5. The summed E-state index contributed by atoms with van der Waals surface area (Å²) in [7, 11) is -1.82. The van der Waals surface area contributed by atoms with Crippen molar-refractivity contribution in [2.45, 2.75) is 50.2 Å². The second-order valence-corrected chi connectivity index (χ2v) is 11.0. The molecule has 0 fully saturated rings. The second-order valence-electron chi connectivity index (χ2n) is 9.42. The predicted octanol–water partition coefficient (Wildman–Crippen LogP) is 6.50. The Morgan fingerprint density at radius 1 is 0.902 bits per heavy atom. The third-order valence-electron chi connectivity index (χ3n) is 6.37. The lowest BCUT2D eigenvalue weighted by Crippen LogP contribution is -2.33. The molecule has 41 heavy (non-hydrogen) atoms. The van der Waals surface area contributed by atoms with Crippen molar-refractivity contribution in [2.24, 2.45) is 0 Å². The van der Waals surface area contributed by atoms with Crippen molar-refractivity contribution in [3.63, 3.8) is 0 Å². The monoisotopic (exact) mass is 593 g/mol. The lowest BCUT2D eigenvalue weighted by molar-refractivity contribution is -0.137. The molecule has 3 rings (SSSR count). The number of amides is 1. The molecule has 3 aromatic rings. The zero-order valence-corrected chi connectivity index (χ0v) is 24.1. The summed E-state index contributed by atoms with van der Waals surface area (Å²) in [6.07, 6.45) is -0.444. The molecule has 0 unspecified atom stereocenters. The molecule has 11 heteroatoms. The molecule has 0 bridgehead atoms. The van der Waals surface area contributed by atoms with Gasteiger partial charge in [-0.25, -0.2) is 0 Å². The smallest absolute Gasteiger partial charge is 0.416 e. The van der Waals surface area contributed by atoms with E-state index >= 15 is 0 Å². The number of carbonyl (C=O) groups excluding carboxylic acids is 1. The zero-order valence-electron chi connectivity index (χ0n) is 23.2. The van der Waals surface area contributed by atoms with Crippen LogP contribution < -0.4 is 8.92 Å². The fourth-order valence-electron chi connectivity index (χ4n) is 4.13. The highest BCUT2D eigenvalue weighted by molar-refractivity contribution is 7.87. The van der Waals surface area contributed by atoms with E-state index < -0.39 is 26.8 Å². The summed E-state index contributed by atoms with van der Waals surface area (Å²) in [5.41, 5.74) is 1.04. The van der Waals surface area contributed by atoms with Crippen LogP contribution in [0.1, 0.15) is 53.2 Å². The molecule has 7 nitrogen and oxygen atoms in total. The van der Waals surface area contributed by atoms with Gasteiger partial charge in [0.05, 0.1) is 19.3 Å². The number of ether oxygens (including phenoxy) is 2. The number of nitrogens with zero attached hydrogens (tertiary/aromatic N) is 1. The second kappa shape index (κ2) is 14.4. The SMILES string of the molecule is CCCCCc1ccc(C(=O)N(CCOC)Cc2ccc(OC)c(OS(=O)(=O)c3cccc(C(F)(F)F)c3)c2)cc1. The van der Waals surface area contributed by atoms with E-state index in [1.54, 1.807) is 23.1 Å². The highest BCUT2D eigenvalue weighted by atomic mass is 32.2. The Hall–Kier alpha value is -3.57. The molecule has 0 aromatic heterocycles. The third kappa shape index (κ3) is 8.96. The van der Waals surface area contributed by atoms with E-state index in [0.29, 0.717) is 17.2 Å². The highest BCUT2D eigenvalue weighted by Gasteiger charge is 2.32. The summed E-state index contributed by atoms with van der Waals surface area (Å²) in [5.74, 6) is -0.409. The van der Waals surface area contributed by atoms with Crippen molar-refractivity contribution in [1.82, 2.24) is 4.90 Å². The first-order valence-electron chi connectivity index (χ1n) is 13.1. The number of carbonyl (C=O) groups is 1. The normalized spacial score (nSPS) is 11.8. The first-order valence-corrected chi connectivity index (χ1v) is 14.5. The van der Waals surface area contributed by atoms with Crippen LogP contribution in [0.25, 0.3) is 0 Å². The van der Waals surface area contributed by atoms with Gasteiger partial charge >= 0.3 is 16.3 Å². The summed E-state index contributed by atoms with van der Waals surface area (Å²) in [6, 6.07) is 15.2. The van der Waals surface area contributed by atoms with Crippen LogP contribution in [0.15, 0.2) is 71.6 Å². The minimum atomic E-state index is -4.73. The minimum Gasteiger partial charge on any atom is -0.493 e. The van der Waals surface area contributed by atoms with E-state index in [2.05, 4.69) is 6.92 Å². The quantitative estimate of drug-likeness (QED) is 0.157. The summed E-state index contributed by atoms with van der Waals surface area (Å²) in [4.78, 5) is 14.3. The number of aryl methyl sites for hydroxylation is 1. The van der Waals surface area contributed by atoms with Crippen molar-refractivity contribution < 1.29 is 40.0 Å². The van der Waals surface area contributed by atoms with Gasteiger partial charge in [-0.1, -0.05) is 44.0 Å². The maximum atomic E-state index is 13.4. The maximum absolute atomic E-state index is 13.4. The molecule has 0 aliphatic carbocycles. The molecule has 0 heterocycles. The minimum absolute atomic E-state index is 0.0535. The fraction of sp³-hybridized carbons (Fsp3) is 0.367. The topological polar surface area (TPSA) is 82.1 Å². The molecule has 3 aromatic carbocycles. The van der Waals surface area contributed by atoms with Gasteiger partial charge in [-0.2, -0.15) is 21.6 Å². The van der Waals surface area contributed by atoms with Crippen molar-refractivity contribution in [3.8, 4) is 11.5 Å². The van der Waals surface area contributed by atoms with Gasteiger partial charge in [0.2, 0.25) is 0 Å². The van der Waals surface area contributed by atoms with E-state index in [-0.39, 0.29) is 37.1 Å². The van der Waals surface area contributed by atoms with E-state index in [1.165, 1.54) is 26.4 Å². The number of hydrogen-bond donors (Lipinski definition) is 0. The lowest BCUT2D eigenvalue weighted by atomic mass is 10.0. The Labute approximate surface area is 239 Å². The Morgan fingerprint density at radius 2 is 1.61 bits per heavy atom. The van der Waals surface area contributed by atoms with Gasteiger partial charge in [0.15, 0.2) is 11.5 Å². The van der Waals surface area contributed by atoms with Crippen LogP contribution in [0.2, 0.25) is 0 Å². The van der Waals surface area contributed by atoms with Crippen LogP contribution in [0.4, 0.5) is 13.2 Å². The van der Waals surface area contributed by atoms with Gasteiger partial charge in [0.1, 0.15) is 4.90 Å². The van der Waals surface area contributed by atoms with E-state index in [1.807, 2.05) is 12.1 Å². The van der Waals surface area contributed by atoms with E-state index in [9.17, 15) is 26.4 Å². The number of methoxy groups -OCH3 is 2. The first kappa shape index (κ1) is 32.0. The van der Waals surface area contributed by atoms with Crippen molar-refractivity contribution >= 4 is 16.0 Å². The molecule has 0 atom stereocenters. The Morgan fingerprint density at radius 3 is 2.24 bits per heavy atom. The number of halogens is 3. The molecule has 0 N–H and O–H groups in total. The molecule has 0 radical (unpaired) electrons. The van der Waals surface area contributed by atoms with Crippen LogP contribution in [-0.4, -0.2) is 46.6 Å². The van der Waals surface area contributed by atoms with Gasteiger partial charge in [-0.15, -0.1) is 0 Å². The van der Waals surface area contributed by atoms with Crippen molar-refractivity contribution in [3.05, 3.63) is 89.0 Å².